The largest absolute Gasteiger partial charge is 0.439 e. The van der Waals surface area contributed by atoms with E-state index in [4.69, 9.17) is 9.47 Å². The van der Waals surface area contributed by atoms with Crippen LogP contribution in [0.4, 0.5) is 0 Å². The Hall–Kier alpha value is -3.04. The molecule has 1 aliphatic rings. The van der Waals surface area contributed by atoms with E-state index in [0.717, 1.165) is 61.5 Å². The van der Waals surface area contributed by atoms with Crippen molar-refractivity contribution in [3.05, 3.63) is 72.6 Å². The van der Waals surface area contributed by atoms with Crippen LogP contribution in [0.2, 0.25) is 19.1 Å². The van der Waals surface area contributed by atoms with Gasteiger partial charge in [0.1, 0.15) is 12.5 Å². The zero-order valence-corrected chi connectivity index (χ0v) is 22.9. The highest BCUT2D eigenvalue weighted by atomic mass is 28.3. The highest BCUT2D eigenvalue weighted by molar-refractivity contribution is 6.55. The highest BCUT2D eigenvalue weighted by Gasteiger charge is 2.17. The average molecular weight is 517 g/mol. The third-order valence-electron chi connectivity index (χ3n) is 6.86. The second-order valence-electron chi connectivity index (χ2n) is 10.3. The van der Waals surface area contributed by atoms with Crippen LogP contribution >= 0.6 is 0 Å². The van der Waals surface area contributed by atoms with Gasteiger partial charge in [-0.25, -0.2) is 9.67 Å². The van der Waals surface area contributed by atoms with Crippen molar-refractivity contribution >= 4 is 19.6 Å². The fourth-order valence-electron chi connectivity index (χ4n) is 4.63. The molecule has 1 N–H and O–H groups in total. The summed E-state index contributed by atoms with van der Waals surface area (Å²) in [4.78, 5) is 6.94. The first kappa shape index (κ1) is 25.6. The topological polar surface area (TPSA) is 72.6 Å². The molecule has 0 saturated carbocycles. The molecule has 5 rings (SSSR count). The summed E-state index contributed by atoms with van der Waals surface area (Å²) in [6, 6.07) is 19.8. The normalized spacial score (nSPS) is 15.0. The highest BCUT2D eigenvalue weighted by Crippen LogP contribution is 2.27. The Kier molecular flexibility index (Phi) is 8.30. The summed E-state index contributed by atoms with van der Waals surface area (Å²) in [7, 11) is -0.602. The Morgan fingerprint density at radius 3 is 2.59 bits per heavy atom. The lowest BCUT2D eigenvalue weighted by Gasteiger charge is -2.29. The van der Waals surface area contributed by atoms with Gasteiger partial charge in [0.15, 0.2) is 0 Å². The zero-order valence-electron chi connectivity index (χ0n) is 21.7. The van der Waals surface area contributed by atoms with Crippen LogP contribution in [0.5, 0.6) is 11.6 Å². The van der Waals surface area contributed by atoms with Gasteiger partial charge < -0.3 is 14.6 Å². The summed E-state index contributed by atoms with van der Waals surface area (Å²) in [6.07, 6.45) is 5.19. The third-order valence-corrected chi connectivity index (χ3v) is 8.25. The molecule has 0 radical (unpaired) electrons. The fourth-order valence-corrected chi connectivity index (χ4v) is 5.27. The molecule has 3 heterocycles. The molecule has 1 aliphatic heterocycles. The Bertz CT molecular complexity index is 1300. The van der Waals surface area contributed by atoms with E-state index in [1.54, 1.807) is 6.20 Å². The van der Waals surface area contributed by atoms with Gasteiger partial charge in [-0.05, 0) is 65.6 Å². The van der Waals surface area contributed by atoms with Crippen molar-refractivity contribution in [1.82, 2.24) is 19.7 Å². The smallest absolute Gasteiger partial charge is 0.219 e. The second-order valence-corrected chi connectivity index (χ2v) is 13.6. The summed E-state index contributed by atoms with van der Waals surface area (Å²) < 4.78 is 13.7. The second kappa shape index (κ2) is 12.0. The van der Waals surface area contributed by atoms with Crippen LogP contribution in [0.3, 0.4) is 0 Å². The molecule has 1 saturated heterocycles. The molecule has 1 fully saturated rings. The molecule has 2 aromatic carbocycles. The summed E-state index contributed by atoms with van der Waals surface area (Å²) in [5.41, 5.74) is 3.24. The van der Waals surface area contributed by atoms with E-state index in [0.29, 0.717) is 12.6 Å². The molecule has 0 aliphatic carbocycles. The van der Waals surface area contributed by atoms with Gasteiger partial charge in [0.05, 0.1) is 11.8 Å². The number of aliphatic hydroxyl groups is 1. The first-order valence-corrected chi connectivity index (χ1v) is 16.3. The number of aromatic nitrogens is 3. The lowest BCUT2D eigenvalue weighted by Crippen LogP contribution is -2.35. The van der Waals surface area contributed by atoms with Crippen LogP contribution in [-0.2, 0) is 18.0 Å². The van der Waals surface area contributed by atoms with Crippen LogP contribution in [0.15, 0.2) is 67.0 Å². The van der Waals surface area contributed by atoms with E-state index < -0.39 is 8.80 Å². The number of piperidine rings is 1. The number of pyridine rings is 1. The van der Waals surface area contributed by atoms with Gasteiger partial charge in [0.2, 0.25) is 5.88 Å². The third kappa shape index (κ3) is 6.84. The van der Waals surface area contributed by atoms with Crippen LogP contribution in [0, 0.1) is 0 Å². The van der Waals surface area contributed by atoms with Crippen LogP contribution in [0.25, 0.3) is 22.0 Å². The molecule has 194 valence electrons. The Morgan fingerprint density at radius 1 is 1.00 bits per heavy atom. The SMILES string of the molecule is C[SiH](C)CCOCn1nccc1-c1ccc(Oc2ccc3cc(CN4CCC(O)CC4)ccc3c2)nc1. The van der Waals surface area contributed by atoms with Gasteiger partial charge >= 0.3 is 0 Å². The Balaban J connectivity index is 1.20. The van der Waals surface area contributed by atoms with E-state index in [2.05, 4.69) is 58.4 Å². The standard InChI is InChI=1S/C29H36N4O3Si/c1-37(2)16-15-35-21-33-28(9-12-31-33)25-6-8-29(30-19-25)36-27-7-5-23-17-22(3-4-24(23)18-27)20-32-13-10-26(34)11-14-32/h3-9,12,17-19,26,34,37H,10-11,13-16,20-21H2,1-2H3. The van der Waals surface area contributed by atoms with Crippen molar-refractivity contribution in [3.8, 4) is 22.9 Å². The minimum atomic E-state index is -0.602. The lowest BCUT2D eigenvalue weighted by atomic mass is 10.0. The maximum Gasteiger partial charge on any atom is 0.219 e. The molecule has 0 atom stereocenters. The van der Waals surface area contributed by atoms with Crippen molar-refractivity contribution in [2.24, 2.45) is 0 Å². The molecule has 0 spiro atoms. The van der Waals surface area contributed by atoms with Crippen LogP contribution < -0.4 is 4.74 Å². The molecule has 4 aromatic rings. The van der Waals surface area contributed by atoms with Gasteiger partial charge in [-0.1, -0.05) is 31.3 Å². The zero-order chi connectivity index (χ0) is 25.6. The van der Waals surface area contributed by atoms with E-state index >= 15 is 0 Å². The summed E-state index contributed by atoms with van der Waals surface area (Å²) in [5, 5.41) is 16.5. The van der Waals surface area contributed by atoms with Gasteiger partial charge in [0, 0.05) is 59.1 Å². The van der Waals surface area contributed by atoms with Gasteiger partial charge in [-0.2, -0.15) is 5.10 Å². The Morgan fingerprint density at radius 2 is 1.81 bits per heavy atom. The molecule has 7 nitrogen and oxygen atoms in total. The number of hydrogen-bond acceptors (Lipinski definition) is 6. The van der Waals surface area contributed by atoms with Crippen molar-refractivity contribution in [2.45, 2.75) is 51.4 Å². The number of rotatable bonds is 10. The maximum atomic E-state index is 9.73. The van der Waals surface area contributed by atoms with Crippen LogP contribution in [0.1, 0.15) is 18.4 Å². The van der Waals surface area contributed by atoms with Crippen molar-refractivity contribution in [3.63, 3.8) is 0 Å². The quantitative estimate of drug-likeness (QED) is 0.228. The number of hydrogen-bond donors (Lipinski definition) is 1. The molecule has 37 heavy (non-hydrogen) atoms. The monoisotopic (exact) mass is 516 g/mol. The molecular weight excluding hydrogens is 480 g/mol. The first-order valence-electron chi connectivity index (χ1n) is 13.2. The molecule has 0 bridgehead atoms. The lowest BCUT2D eigenvalue weighted by molar-refractivity contribution is 0.0792. The molecule has 0 amide bonds. The molecule has 2 aromatic heterocycles. The van der Waals surface area contributed by atoms with Crippen molar-refractivity contribution in [1.29, 1.82) is 0 Å². The maximum absolute atomic E-state index is 9.73. The predicted octanol–water partition coefficient (Wildman–Crippen LogP) is 5.31. The van der Waals surface area contributed by atoms with Gasteiger partial charge in [-0.3, -0.25) is 4.90 Å². The molecular formula is C29H36N4O3Si. The number of benzene rings is 2. The summed E-state index contributed by atoms with van der Waals surface area (Å²) in [6.45, 7) is 8.71. The fraction of sp³-hybridized carbons (Fsp3) is 0.379. The van der Waals surface area contributed by atoms with Gasteiger partial charge in [0.25, 0.3) is 0 Å². The number of likely N-dealkylation sites (tertiary alicyclic amines) is 1. The number of aliphatic hydroxyl groups excluding tert-OH is 1. The van der Waals surface area contributed by atoms with E-state index in [9.17, 15) is 5.11 Å². The van der Waals surface area contributed by atoms with Gasteiger partial charge in [-0.15, -0.1) is 0 Å². The summed E-state index contributed by atoms with van der Waals surface area (Å²) in [5.74, 6) is 1.31. The predicted molar refractivity (Wildman–Crippen MR) is 150 cm³/mol. The number of fused-ring (bicyclic) bond motifs is 1. The van der Waals surface area contributed by atoms with Crippen molar-refractivity contribution in [2.75, 3.05) is 19.7 Å². The van der Waals surface area contributed by atoms with E-state index in [-0.39, 0.29) is 6.10 Å². The molecule has 8 heteroatoms. The Labute approximate surface area is 220 Å². The minimum absolute atomic E-state index is 0.138. The average Bonchev–Trinajstić information content (AvgIpc) is 3.37. The van der Waals surface area contributed by atoms with E-state index in [1.807, 2.05) is 35.1 Å². The minimum Gasteiger partial charge on any atom is -0.439 e. The summed E-state index contributed by atoms with van der Waals surface area (Å²) >= 11 is 0. The number of ether oxygens (including phenoxy) is 2. The van der Waals surface area contributed by atoms with Crippen molar-refractivity contribution < 1.29 is 14.6 Å². The van der Waals surface area contributed by atoms with E-state index in [1.165, 1.54) is 17.0 Å². The number of nitrogens with zero attached hydrogens (tertiary/aromatic N) is 4. The molecule has 0 unspecified atom stereocenters. The van der Waals surface area contributed by atoms with Crippen LogP contribution in [-0.4, -0.2) is 59.4 Å². The first-order chi connectivity index (χ1) is 18.0.